The van der Waals surface area contributed by atoms with Crippen LogP contribution in [0.15, 0.2) is 105 Å². The number of ketones is 2. The molecule has 0 unspecified atom stereocenters. The third-order valence-corrected chi connectivity index (χ3v) is 15.3. The second kappa shape index (κ2) is 22.6. The van der Waals surface area contributed by atoms with Crippen LogP contribution in [0.1, 0.15) is 66.6 Å². The number of thiophene rings is 2. The molecular weight excluding hydrogens is 1060 g/mol. The van der Waals surface area contributed by atoms with E-state index >= 15 is 0 Å². The average Bonchev–Trinajstić information content (AvgIpc) is 4.17. The lowest BCUT2D eigenvalue weighted by Gasteiger charge is -2.17. The average molecular weight is 1100 g/mol. The van der Waals surface area contributed by atoms with Crippen molar-refractivity contribution in [2.24, 2.45) is 10.8 Å². The zero-order valence-corrected chi connectivity index (χ0v) is 44.4. The Morgan fingerprint density at radius 2 is 1.22 bits per heavy atom. The van der Waals surface area contributed by atoms with Crippen molar-refractivity contribution in [1.82, 2.24) is 33.7 Å². The van der Waals surface area contributed by atoms with Gasteiger partial charge in [0, 0.05) is 61.8 Å². The third kappa shape index (κ3) is 12.9. The summed E-state index contributed by atoms with van der Waals surface area (Å²) in [5, 5.41) is 19.7. The fourth-order valence-corrected chi connectivity index (χ4v) is 10.9. The van der Waals surface area contributed by atoms with E-state index in [9.17, 15) is 43.6 Å². The van der Waals surface area contributed by atoms with Crippen LogP contribution < -0.4 is 11.1 Å². The minimum Gasteiger partial charge on any atom is -0.422 e. The van der Waals surface area contributed by atoms with Gasteiger partial charge in [0.1, 0.15) is 21.8 Å². The number of esters is 2. The lowest BCUT2D eigenvalue weighted by atomic mass is 9.96. The van der Waals surface area contributed by atoms with Gasteiger partial charge in [-0.25, -0.2) is 9.59 Å². The van der Waals surface area contributed by atoms with Crippen molar-refractivity contribution in [1.29, 1.82) is 5.26 Å². The molecule has 7 heterocycles. The molecule has 0 aliphatic rings. The second-order valence-corrected chi connectivity index (χ2v) is 23.5. The van der Waals surface area contributed by atoms with Crippen LogP contribution >= 0.6 is 69.4 Å². The molecule has 0 N–H and O–H groups in total. The molecule has 0 spiro atoms. The van der Waals surface area contributed by atoms with Gasteiger partial charge >= 0.3 is 11.9 Å². The molecule has 0 aliphatic carbocycles. The SMILES string of the molecule is CC(C)(C)C(=O)n1nc(-c2cc(-c3cccnc3)cn(CC(=O)C(=O)OCOC(=O)C(=O)Cn3c(C#N)ccc(-c4cc(SCc5ccc(Cl)s5)n(C(=O)C(C)(C)C)n4)c3=O)c2=O)cc1SCc1ccc(Cl)s1. The van der Waals surface area contributed by atoms with E-state index in [4.69, 9.17) is 32.7 Å². The van der Waals surface area contributed by atoms with Gasteiger partial charge in [0.05, 0.1) is 44.3 Å². The standard InChI is InChI=1S/C49H42Cl2N8O10S4/c1-48(2,3)46(66)58-40(70-24-30-10-13-38(50)72-30)17-34(54-58)32-12-9-29(19-52)57(43(32)63)23-37(61)45(65)69-26-68-44(64)36(60)22-56-21-28(27-8-7-15-53-20-27)16-33(42(56)62)35-18-41(59(55-35)47(67)49(4,5)6)71-25-31-11-14-39(51)73-31/h7-18,20-21H,22-26H2,1-6H3. The molecule has 0 saturated heterocycles. The summed E-state index contributed by atoms with van der Waals surface area (Å²) in [6.07, 6.45) is 4.41. The summed E-state index contributed by atoms with van der Waals surface area (Å²) < 4.78 is 15.0. The van der Waals surface area contributed by atoms with Crippen molar-refractivity contribution in [3.05, 3.63) is 130 Å². The van der Waals surface area contributed by atoms with Crippen LogP contribution in [0.3, 0.4) is 0 Å². The van der Waals surface area contributed by atoms with E-state index in [-0.39, 0.29) is 40.0 Å². The van der Waals surface area contributed by atoms with E-state index in [1.165, 1.54) is 92.2 Å². The summed E-state index contributed by atoms with van der Waals surface area (Å²) in [6, 6.07) is 19.6. The predicted octanol–water partition coefficient (Wildman–Crippen LogP) is 8.94. The first-order valence-corrected chi connectivity index (χ1v) is 26.1. The van der Waals surface area contributed by atoms with Gasteiger partial charge in [-0.05, 0) is 60.7 Å². The highest BCUT2D eigenvalue weighted by Crippen LogP contribution is 2.35. The molecule has 0 radical (unpaired) electrons. The molecule has 7 aromatic heterocycles. The summed E-state index contributed by atoms with van der Waals surface area (Å²) in [4.78, 5) is 114. The molecule has 376 valence electrons. The van der Waals surface area contributed by atoms with E-state index < -0.39 is 65.3 Å². The highest BCUT2D eigenvalue weighted by molar-refractivity contribution is 7.98. The quantitative estimate of drug-likeness (QED) is 0.0358. The Labute approximate surface area is 442 Å². The first kappa shape index (κ1) is 54.0. The fourth-order valence-electron chi connectivity index (χ4n) is 6.65. The van der Waals surface area contributed by atoms with Crippen LogP contribution in [0.5, 0.6) is 0 Å². The number of rotatable bonds is 17. The number of nitriles is 1. The predicted molar refractivity (Wildman–Crippen MR) is 277 cm³/mol. The van der Waals surface area contributed by atoms with Crippen molar-refractivity contribution in [2.75, 3.05) is 6.79 Å². The minimum absolute atomic E-state index is 0.00868. The number of hydrogen-bond donors (Lipinski definition) is 0. The van der Waals surface area contributed by atoms with Crippen molar-refractivity contribution < 1.29 is 38.2 Å². The summed E-state index contributed by atoms with van der Waals surface area (Å²) in [5.41, 5.74) is -2.63. The van der Waals surface area contributed by atoms with Crippen LogP contribution in [0.25, 0.3) is 33.6 Å². The number of ether oxygens (including phenoxy) is 2. The summed E-state index contributed by atoms with van der Waals surface area (Å²) >= 11 is 17.6. The van der Waals surface area contributed by atoms with Gasteiger partial charge in [0.15, 0.2) is 0 Å². The third-order valence-electron chi connectivity index (χ3n) is 10.4. The summed E-state index contributed by atoms with van der Waals surface area (Å²) in [6.45, 7) is 7.30. The van der Waals surface area contributed by atoms with Crippen molar-refractivity contribution in [3.63, 3.8) is 0 Å². The zero-order chi connectivity index (χ0) is 52.9. The minimum atomic E-state index is -1.57. The van der Waals surface area contributed by atoms with Gasteiger partial charge in [-0.2, -0.15) is 24.8 Å². The largest absolute Gasteiger partial charge is 0.422 e. The van der Waals surface area contributed by atoms with Crippen LogP contribution in [0.4, 0.5) is 0 Å². The number of halogens is 2. The molecule has 24 heteroatoms. The molecule has 0 aliphatic heterocycles. The number of Topliss-reactive ketones (excluding diaryl/α,β-unsaturated/α-hetero) is 2. The van der Waals surface area contributed by atoms with Gasteiger partial charge in [0.25, 0.3) is 34.5 Å². The van der Waals surface area contributed by atoms with Gasteiger partial charge in [-0.1, -0.05) is 70.8 Å². The maximum Gasteiger partial charge on any atom is 0.379 e. The molecule has 7 rings (SSSR count). The Kier molecular flexibility index (Phi) is 16.7. The lowest BCUT2D eigenvalue weighted by molar-refractivity contribution is -0.173. The van der Waals surface area contributed by atoms with E-state index in [0.717, 1.165) is 18.9 Å². The molecule has 0 fully saturated rings. The Morgan fingerprint density at radius 1 is 0.685 bits per heavy atom. The van der Waals surface area contributed by atoms with Crippen molar-refractivity contribution in [2.45, 2.75) is 76.2 Å². The molecule has 0 atom stereocenters. The van der Waals surface area contributed by atoms with Crippen molar-refractivity contribution in [3.8, 4) is 39.7 Å². The molecule has 73 heavy (non-hydrogen) atoms. The summed E-state index contributed by atoms with van der Waals surface area (Å²) in [7, 11) is 0. The Balaban J connectivity index is 1.05. The molecule has 7 aromatic rings. The first-order valence-electron chi connectivity index (χ1n) is 21.8. The molecule has 0 saturated carbocycles. The second-order valence-electron chi connectivity index (χ2n) is 17.9. The topological polar surface area (TPSA) is 237 Å². The number of pyridine rings is 3. The highest BCUT2D eigenvalue weighted by atomic mass is 35.5. The molecule has 18 nitrogen and oxygen atoms in total. The van der Waals surface area contributed by atoms with Crippen molar-refractivity contribution >= 4 is 105 Å². The molecule has 0 amide bonds. The van der Waals surface area contributed by atoms with E-state index in [1.807, 2.05) is 18.2 Å². The van der Waals surface area contributed by atoms with Gasteiger partial charge < -0.3 is 14.0 Å². The maximum atomic E-state index is 14.2. The number of nitrogens with zero attached hydrogens (tertiary/aromatic N) is 8. The summed E-state index contributed by atoms with van der Waals surface area (Å²) in [5.74, 6) is -5.50. The highest BCUT2D eigenvalue weighted by Gasteiger charge is 2.31. The first-order chi connectivity index (χ1) is 34.5. The molecular formula is C49H42Cl2N8O10S4. The Morgan fingerprint density at radius 3 is 1.70 bits per heavy atom. The van der Waals surface area contributed by atoms with E-state index in [1.54, 1.807) is 78.1 Å². The monoisotopic (exact) mass is 1100 g/mol. The van der Waals surface area contributed by atoms with E-state index in [0.29, 0.717) is 41.4 Å². The molecule has 0 bridgehead atoms. The van der Waals surface area contributed by atoms with E-state index in [2.05, 4.69) is 15.2 Å². The zero-order valence-electron chi connectivity index (χ0n) is 39.7. The number of carbonyl (C=O) groups excluding carboxylic acids is 6. The normalized spacial score (nSPS) is 11.5. The van der Waals surface area contributed by atoms with Gasteiger partial charge in [-0.3, -0.25) is 38.3 Å². The Bertz CT molecular complexity index is 3480. The lowest BCUT2D eigenvalue weighted by Crippen LogP contribution is -2.33. The fraction of sp³-hybridized carbons (Fsp3) is 0.265. The van der Waals surface area contributed by atoms with Gasteiger partial charge in [0.2, 0.25) is 6.79 Å². The number of hydrogen-bond acceptors (Lipinski definition) is 18. The van der Waals surface area contributed by atoms with Crippen LogP contribution in [0, 0.1) is 22.2 Å². The Hall–Kier alpha value is -6.74. The number of carbonyl (C=O) groups is 6. The van der Waals surface area contributed by atoms with Crippen LogP contribution in [-0.4, -0.2) is 75.8 Å². The number of aromatic nitrogens is 7. The number of thioether (sulfide) groups is 2. The maximum absolute atomic E-state index is 14.2. The van der Waals surface area contributed by atoms with Gasteiger partial charge in [-0.15, -0.1) is 46.2 Å². The van der Waals surface area contributed by atoms with Crippen LogP contribution in [0.2, 0.25) is 8.67 Å². The smallest absolute Gasteiger partial charge is 0.379 e. The molecule has 0 aromatic carbocycles. The van der Waals surface area contributed by atoms with Crippen LogP contribution in [-0.2, 0) is 53.2 Å².